The Labute approximate surface area is 195 Å². The molecule has 5 nitrogen and oxygen atoms in total. The van der Waals surface area contributed by atoms with Crippen LogP contribution in [0.15, 0.2) is 42.6 Å². The highest BCUT2D eigenvalue weighted by atomic mass is 19.3. The molecule has 2 heterocycles. The smallest absolute Gasteiger partial charge is 0.265 e. The van der Waals surface area contributed by atoms with Crippen molar-refractivity contribution in [2.45, 2.75) is 84.7 Å². The molecule has 33 heavy (non-hydrogen) atoms. The van der Waals surface area contributed by atoms with E-state index in [1.807, 2.05) is 20.8 Å². The molecule has 1 aromatic carbocycles. The van der Waals surface area contributed by atoms with Crippen LogP contribution in [0.2, 0.25) is 0 Å². The number of alkyl halides is 2. The summed E-state index contributed by atoms with van der Waals surface area (Å²) in [6, 6.07) is 11.5. The number of hydrogen-bond donors (Lipinski definition) is 0. The molecule has 1 fully saturated rings. The standard InChI is InChI=1S/C24H28F2N4O.C2H6/c1-3-4-17-5-10-20(11-6-17)30-16(2)28-29-24(30)18-7-12-21(13-8-18)31-22-14-9-19(15-27-22)23(25)26;1-2/h5-6,9-11,14-15,18,21,23H,3-4,7-8,12-13H2,1-2H3;1-2H3. The summed E-state index contributed by atoms with van der Waals surface area (Å²) in [5, 5.41) is 8.85. The number of aromatic nitrogens is 4. The fourth-order valence-corrected chi connectivity index (χ4v) is 4.26. The van der Waals surface area contributed by atoms with Gasteiger partial charge < -0.3 is 4.74 Å². The zero-order valence-electron chi connectivity index (χ0n) is 20.0. The highest BCUT2D eigenvalue weighted by molar-refractivity contribution is 5.37. The van der Waals surface area contributed by atoms with Gasteiger partial charge in [0.1, 0.15) is 17.8 Å². The fourth-order valence-electron chi connectivity index (χ4n) is 4.26. The molecule has 0 amide bonds. The first-order chi connectivity index (χ1) is 16.0. The van der Waals surface area contributed by atoms with Crippen molar-refractivity contribution < 1.29 is 13.5 Å². The van der Waals surface area contributed by atoms with Gasteiger partial charge in [-0.1, -0.05) is 39.3 Å². The first-order valence-corrected chi connectivity index (χ1v) is 12.0. The van der Waals surface area contributed by atoms with Crippen molar-refractivity contribution in [1.82, 2.24) is 19.7 Å². The molecule has 1 aliphatic rings. The van der Waals surface area contributed by atoms with E-state index < -0.39 is 6.43 Å². The van der Waals surface area contributed by atoms with Crippen LogP contribution in [0, 0.1) is 6.92 Å². The highest BCUT2D eigenvalue weighted by Gasteiger charge is 2.28. The van der Waals surface area contributed by atoms with Gasteiger partial charge in [-0.25, -0.2) is 13.8 Å². The minimum absolute atomic E-state index is 0.0342. The van der Waals surface area contributed by atoms with Crippen molar-refractivity contribution in [3.8, 4) is 11.6 Å². The summed E-state index contributed by atoms with van der Waals surface area (Å²) in [5.41, 5.74) is 2.35. The normalized spacial score (nSPS) is 18.0. The molecule has 2 aromatic heterocycles. The van der Waals surface area contributed by atoms with Crippen LogP contribution in [0.5, 0.6) is 5.88 Å². The van der Waals surface area contributed by atoms with Crippen molar-refractivity contribution in [1.29, 1.82) is 0 Å². The molecule has 0 atom stereocenters. The molecule has 7 heteroatoms. The van der Waals surface area contributed by atoms with E-state index in [1.54, 1.807) is 0 Å². The fraction of sp³-hybridized carbons (Fsp3) is 0.500. The molecule has 0 unspecified atom stereocenters. The lowest BCUT2D eigenvalue weighted by Gasteiger charge is -2.28. The summed E-state index contributed by atoms with van der Waals surface area (Å²) in [4.78, 5) is 4.02. The number of nitrogens with zero attached hydrogens (tertiary/aromatic N) is 4. The molecular formula is C26H34F2N4O. The van der Waals surface area contributed by atoms with Gasteiger partial charge in [0.2, 0.25) is 5.88 Å². The van der Waals surface area contributed by atoms with E-state index in [4.69, 9.17) is 4.74 Å². The predicted molar refractivity (Wildman–Crippen MR) is 126 cm³/mol. The Morgan fingerprint density at radius 1 is 1.00 bits per heavy atom. The molecule has 0 spiro atoms. The zero-order chi connectivity index (χ0) is 23.8. The van der Waals surface area contributed by atoms with Gasteiger partial charge in [0.15, 0.2) is 0 Å². The Morgan fingerprint density at radius 3 is 2.27 bits per heavy atom. The number of aryl methyl sites for hydroxylation is 2. The van der Waals surface area contributed by atoms with Gasteiger partial charge in [-0.3, -0.25) is 4.57 Å². The van der Waals surface area contributed by atoms with Gasteiger partial charge in [-0.2, -0.15) is 0 Å². The van der Waals surface area contributed by atoms with Crippen LogP contribution < -0.4 is 4.74 Å². The van der Waals surface area contributed by atoms with Crippen molar-refractivity contribution in [2.75, 3.05) is 0 Å². The average molecular weight is 457 g/mol. The van der Waals surface area contributed by atoms with Gasteiger partial charge in [-0.05, 0) is 62.8 Å². The number of halogens is 2. The minimum atomic E-state index is -2.51. The highest BCUT2D eigenvalue weighted by Crippen LogP contribution is 2.35. The Balaban J connectivity index is 0.00000149. The first kappa shape index (κ1) is 24.8. The van der Waals surface area contributed by atoms with Crippen LogP contribution >= 0.6 is 0 Å². The topological polar surface area (TPSA) is 52.8 Å². The van der Waals surface area contributed by atoms with Crippen LogP contribution in [0.1, 0.15) is 88.0 Å². The number of benzene rings is 1. The molecule has 0 radical (unpaired) electrons. The number of ether oxygens (including phenoxy) is 1. The van der Waals surface area contributed by atoms with Crippen LogP contribution in [0.4, 0.5) is 8.78 Å². The Morgan fingerprint density at radius 2 is 1.70 bits per heavy atom. The molecule has 0 bridgehead atoms. The molecule has 3 aromatic rings. The second-order valence-electron chi connectivity index (χ2n) is 8.18. The Kier molecular flexibility index (Phi) is 8.92. The maximum Gasteiger partial charge on any atom is 0.265 e. The monoisotopic (exact) mass is 456 g/mol. The molecule has 0 N–H and O–H groups in total. The van der Waals surface area contributed by atoms with E-state index in [-0.39, 0.29) is 11.7 Å². The maximum atomic E-state index is 12.7. The van der Waals surface area contributed by atoms with E-state index >= 15 is 0 Å². The van der Waals surface area contributed by atoms with Gasteiger partial charge >= 0.3 is 0 Å². The summed E-state index contributed by atoms with van der Waals surface area (Å²) >= 11 is 0. The number of rotatable bonds is 7. The van der Waals surface area contributed by atoms with Gasteiger partial charge in [-0.15, -0.1) is 10.2 Å². The summed E-state index contributed by atoms with van der Waals surface area (Å²) in [5.74, 6) is 2.60. The summed E-state index contributed by atoms with van der Waals surface area (Å²) in [7, 11) is 0. The van der Waals surface area contributed by atoms with Crippen LogP contribution in [0.3, 0.4) is 0 Å². The lowest BCUT2D eigenvalue weighted by molar-refractivity contribution is 0.137. The number of pyridine rings is 1. The first-order valence-electron chi connectivity index (χ1n) is 12.0. The van der Waals surface area contributed by atoms with Crippen LogP contribution in [-0.2, 0) is 6.42 Å². The van der Waals surface area contributed by atoms with E-state index in [1.165, 1.54) is 23.9 Å². The van der Waals surface area contributed by atoms with Gasteiger partial charge in [0.25, 0.3) is 6.43 Å². The third kappa shape index (κ3) is 6.15. The second kappa shape index (κ2) is 11.9. The molecule has 178 valence electrons. The lowest BCUT2D eigenvalue weighted by atomic mass is 9.86. The van der Waals surface area contributed by atoms with Crippen LogP contribution in [0.25, 0.3) is 5.69 Å². The molecule has 1 aliphatic carbocycles. The van der Waals surface area contributed by atoms with E-state index in [9.17, 15) is 8.78 Å². The number of hydrogen-bond acceptors (Lipinski definition) is 4. The molecule has 1 saturated carbocycles. The predicted octanol–water partition coefficient (Wildman–Crippen LogP) is 6.99. The van der Waals surface area contributed by atoms with Crippen molar-refractivity contribution in [2.24, 2.45) is 0 Å². The van der Waals surface area contributed by atoms with Gasteiger partial charge in [0, 0.05) is 29.4 Å². The van der Waals surface area contributed by atoms with Crippen LogP contribution in [-0.4, -0.2) is 25.9 Å². The van der Waals surface area contributed by atoms with Gasteiger partial charge in [0.05, 0.1) is 0 Å². The molecular weight excluding hydrogens is 422 g/mol. The third-order valence-corrected chi connectivity index (χ3v) is 5.92. The summed E-state index contributed by atoms with van der Waals surface area (Å²) < 4.78 is 33.4. The summed E-state index contributed by atoms with van der Waals surface area (Å²) in [6.45, 7) is 8.17. The van der Waals surface area contributed by atoms with E-state index in [0.717, 1.165) is 55.9 Å². The molecule has 0 aliphatic heterocycles. The lowest BCUT2D eigenvalue weighted by Crippen LogP contribution is -2.25. The third-order valence-electron chi connectivity index (χ3n) is 5.92. The maximum absolute atomic E-state index is 12.7. The average Bonchev–Trinajstić information content (AvgIpc) is 3.23. The SMILES string of the molecule is CC.CCCc1ccc(-n2c(C)nnc2C2CCC(Oc3ccc(C(F)F)cn3)CC2)cc1. The van der Waals surface area contributed by atoms with E-state index in [0.29, 0.717) is 11.8 Å². The Bertz CT molecular complexity index is 979. The second-order valence-corrected chi connectivity index (χ2v) is 8.18. The molecule has 0 saturated heterocycles. The summed E-state index contributed by atoms with van der Waals surface area (Å²) in [6.07, 6.45) is 4.52. The van der Waals surface area contributed by atoms with Crippen molar-refractivity contribution in [3.63, 3.8) is 0 Å². The minimum Gasteiger partial charge on any atom is -0.474 e. The van der Waals surface area contributed by atoms with E-state index in [2.05, 4.69) is 50.9 Å². The van der Waals surface area contributed by atoms with Crippen molar-refractivity contribution in [3.05, 3.63) is 65.4 Å². The Hall–Kier alpha value is -2.83. The zero-order valence-corrected chi connectivity index (χ0v) is 20.0. The van der Waals surface area contributed by atoms with Crippen molar-refractivity contribution >= 4 is 0 Å². The molecule has 4 rings (SSSR count). The quantitative estimate of drug-likeness (QED) is 0.384. The largest absolute Gasteiger partial charge is 0.474 e.